The van der Waals surface area contributed by atoms with Gasteiger partial charge < -0.3 is 4.74 Å². The maximum absolute atomic E-state index is 13.1. The van der Waals surface area contributed by atoms with E-state index in [4.69, 9.17) is 9.29 Å². The Bertz CT molecular complexity index is 396. The second-order valence-electron chi connectivity index (χ2n) is 5.26. The molecule has 1 rings (SSSR count). The van der Waals surface area contributed by atoms with Crippen LogP contribution in [-0.4, -0.2) is 30.5 Å². The molecule has 1 saturated carbocycles. The Morgan fingerprint density at radius 3 is 2.11 bits per heavy atom. The van der Waals surface area contributed by atoms with Crippen molar-refractivity contribution in [2.75, 3.05) is 0 Å². The average molecular weight is 282 g/mol. The highest BCUT2D eigenvalue weighted by molar-refractivity contribution is 7.87. The van der Waals surface area contributed by atoms with E-state index in [-0.39, 0.29) is 11.8 Å². The molecule has 0 aromatic carbocycles. The van der Waals surface area contributed by atoms with Gasteiger partial charge in [0.2, 0.25) is 0 Å². The summed E-state index contributed by atoms with van der Waals surface area (Å²) in [6.45, 7) is 5.84. The predicted octanol–water partition coefficient (Wildman–Crippen LogP) is 1.78. The average Bonchev–Trinajstić information content (AvgIpc) is 2.20. The fraction of sp³-hybridized carbons (Fsp3) is 0.909. The summed E-state index contributed by atoms with van der Waals surface area (Å²) in [5.41, 5.74) is -3.02. The lowest BCUT2D eigenvalue weighted by Gasteiger charge is -2.37. The lowest BCUT2D eigenvalue weighted by atomic mass is 9.75. The minimum atomic E-state index is -5.04. The second-order valence-corrected chi connectivity index (χ2v) is 6.71. The number of ether oxygens (including phenoxy) is 1. The maximum atomic E-state index is 13.1. The van der Waals surface area contributed by atoms with E-state index in [0.29, 0.717) is 5.92 Å². The van der Waals surface area contributed by atoms with Crippen LogP contribution in [0.15, 0.2) is 0 Å². The van der Waals surface area contributed by atoms with E-state index in [9.17, 15) is 17.6 Å². The SMILES string of the molecule is CC1CC(C)C(OC(=O)C(F)S(=O)(=O)O)C(C)C1. The predicted molar refractivity (Wildman–Crippen MR) is 63.1 cm³/mol. The molecule has 0 aromatic heterocycles. The van der Waals surface area contributed by atoms with Crippen LogP contribution in [0.5, 0.6) is 0 Å². The summed E-state index contributed by atoms with van der Waals surface area (Å²) in [7, 11) is -5.04. The van der Waals surface area contributed by atoms with Crippen molar-refractivity contribution < 1.29 is 26.9 Å². The van der Waals surface area contributed by atoms with Crippen LogP contribution in [0, 0.1) is 17.8 Å². The topological polar surface area (TPSA) is 80.7 Å². The van der Waals surface area contributed by atoms with Crippen molar-refractivity contribution in [3.05, 3.63) is 0 Å². The largest absolute Gasteiger partial charge is 0.459 e. The summed E-state index contributed by atoms with van der Waals surface area (Å²) in [5, 5.41) is 0. The molecule has 3 unspecified atom stereocenters. The van der Waals surface area contributed by atoms with Crippen molar-refractivity contribution in [1.29, 1.82) is 0 Å². The van der Waals surface area contributed by atoms with Gasteiger partial charge in [0.1, 0.15) is 6.10 Å². The first-order valence-corrected chi connectivity index (χ1v) is 7.44. The van der Waals surface area contributed by atoms with Gasteiger partial charge in [0, 0.05) is 0 Å². The summed E-state index contributed by atoms with van der Waals surface area (Å²) in [4.78, 5) is 11.3. The molecule has 5 nitrogen and oxygen atoms in total. The van der Waals surface area contributed by atoms with Gasteiger partial charge in [-0.3, -0.25) is 4.55 Å². The smallest absolute Gasteiger partial charge is 0.359 e. The van der Waals surface area contributed by atoms with E-state index in [0.717, 1.165) is 12.8 Å². The van der Waals surface area contributed by atoms with Crippen LogP contribution in [0.4, 0.5) is 4.39 Å². The first-order chi connectivity index (χ1) is 8.12. The third-order valence-electron chi connectivity index (χ3n) is 3.37. The minimum absolute atomic E-state index is 0.0429. The van der Waals surface area contributed by atoms with E-state index in [2.05, 4.69) is 6.92 Å². The number of halogens is 1. The highest BCUT2D eigenvalue weighted by Crippen LogP contribution is 2.35. The molecule has 0 aliphatic heterocycles. The Morgan fingerprint density at radius 2 is 1.72 bits per heavy atom. The molecule has 1 fully saturated rings. The number of esters is 1. The molecule has 0 bridgehead atoms. The first kappa shape index (κ1) is 15.4. The summed E-state index contributed by atoms with van der Waals surface area (Å²) in [5.74, 6) is -0.953. The van der Waals surface area contributed by atoms with Crippen LogP contribution in [0.2, 0.25) is 0 Å². The van der Waals surface area contributed by atoms with Gasteiger partial charge in [-0.2, -0.15) is 8.42 Å². The lowest BCUT2D eigenvalue weighted by Crippen LogP contribution is -2.40. The Morgan fingerprint density at radius 1 is 1.28 bits per heavy atom. The number of hydrogen-bond donors (Lipinski definition) is 1. The molecule has 0 spiro atoms. The van der Waals surface area contributed by atoms with Crippen molar-refractivity contribution in [1.82, 2.24) is 0 Å². The Kier molecular flexibility index (Phi) is 4.72. The fourth-order valence-electron chi connectivity index (χ4n) is 2.74. The standard InChI is InChI=1S/C11H19FO5S/c1-6-4-7(2)9(8(3)5-6)17-11(13)10(12)18(14,15)16/h6-10H,4-5H2,1-3H3,(H,14,15,16). The highest BCUT2D eigenvalue weighted by atomic mass is 32.2. The number of hydrogen-bond acceptors (Lipinski definition) is 4. The molecular formula is C11H19FO5S. The minimum Gasteiger partial charge on any atom is -0.459 e. The molecule has 1 N–H and O–H groups in total. The van der Waals surface area contributed by atoms with Crippen molar-refractivity contribution in [3.63, 3.8) is 0 Å². The maximum Gasteiger partial charge on any atom is 0.359 e. The first-order valence-electron chi connectivity index (χ1n) is 5.93. The molecule has 7 heteroatoms. The molecule has 1 aliphatic rings. The zero-order valence-electron chi connectivity index (χ0n) is 10.7. The van der Waals surface area contributed by atoms with E-state index in [1.165, 1.54) is 0 Å². The van der Waals surface area contributed by atoms with Gasteiger partial charge in [-0.1, -0.05) is 20.8 Å². The van der Waals surface area contributed by atoms with Crippen molar-refractivity contribution in [2.24, 2.45) is 17.8 Å². The number of carbonyl (C=O) groups is 1. The molecule has 3 atom stereocenters. The van der Waals surface area contributed by atoms with E-state index in [1.54, 1.807) is 0 Å². The molecule has 106 valence electrons. The molecule has 0 amide bonds. The highest BCUT2D eigenvalue weighted by Gasteiger charge is 2.39. The van der Waals surface area contributed by atoms with Gasteiger partial charge in [0.05, 0.1) is 0 Å². The van der Waals surface area contributed by atoms with Crippen LogP contribution >= 0.6 is 0 Å². The normalized spacial score (nSPS) is 34.9. The molecule has 1 aliphatic carbocycles. The van der Waals surface area contributed by atoms with Crippen molar-refractivity contribution >= 4 is 16.1 Å². The van der Waals surface area contributed by atoms with Crippen LogP contribution in [0.1, 0.15) is 33.6 Å². The Labute approximate surface area is 106 Å². The zero-order valence-corrected chi connectivity index (χ0v) is 11.5. The molecular weight excluding hydrogens is 263 g/mol. The summed E-state index contributed by atoms with van der Waals surface area (Å²) < 4.78 is 47.5. The van der Waals surface area contributed by atoms with Gasteiger partial charge >= 0.3 is 21.6 Å². The Hall–Kier alpha value is -0.690. The fourth-order valence-corrected chi connectivity index (χ4v) is 3.03. The zero-order chi connectivity index (χ0) is 14.1. The molecule has 0 saturated heterocycles. The van der Waals surface area contributed by atoms with Crippen LogP contribution in [-0.2, 0) is 19.6 Å². The molecule has 0 aromatic rings. The van der Waals surface area contributed by atoms with Gasteiger partial charge in [-0.15, -0.1) is 0 Å². The molecule has 18 heavy (non-hydrogen) atoms. The molecule has 0 radical (unpaired) electrons. The van der Waals surface area contributed by atoms with E-state index < -0.39 is 27.7 Å². The van der Waals surface area contributed by atoms with E-state index >= 15 is 0 Å². The van der Waals surface area contributed by atoms with Crippen LogP contribution in [0.25, 0.3) is 0 Å². The quantitative estimate of drug-likeness (QED) is 0.630. The third kappa shape index (κ3) is 3.65. The second kappa shape index (κ2) is 5.52. The third-order valence-corrected chi connectivity index (χ3v) is 4.08. The summed E-state index contributed by atoms with van der Waals surface area (Å²) in [6, 6.07) is 0. The molecule has 0 heterocycles. The van der Waals surface area contributed by atoms with Crippen molar-refractivity contribution in [2.45, 2.75) is 45.2 Å². The summed E-state index contributed by atoms with van der Waals surface area (Å²) >= 11 is 0. The number of rotatable bonds is 3. The monoisotopic (exact) mass is 282 g/mol. The van der Waals surface area contributed by atoms with Gasteiger partial charge in [0.15, 0.2) is 0 Å². The van der Waals surface area contributed by atoms with Gasteiger partial charge in [-0.05, 0) is 30.6 Å². The lowest BCUT2D eigenvalue weighted by molar-refractivity contribution is -0.160. The van der Waals surface area contributed by atoms with Crippen LogP contribution < -0.4 is 0 Å². The van der Waals surface area contributed by atoms with Gasteiger partial charge in [0.25, 0.3) is 0 Å². The summed E-state index contributed by atoms with van der Waals surface area (Å²) in [6.07, 6.45) is 1.17. The Balaban J connectivity index is 2.70. The van der Waals surface area contributed by atoms with E-state index in [1.807, 2.05) is 13.8 Å². The van der Waals surface area contributed by atoms with Crippen molar-refractivity contribution in [3.8, 4) is 0 Å². The van der Waals surface area contributed by atoms with Gasteiger partial charge in [-0.25, -0.2) is 9.18 Å². The number of alkyl halides is 1. The number of carbonyl (C=O) groups excluding carboxylic acids is 1. The van der Waals surface area contributed by atoms with Crippen LogP contribution in [0.3, 0.4) is 0 Å².